The van der Waals surface area contributed by atoms with Gasteiger partial charge in [-0.3, -0.25) is 4.79 Å². The predicted octanol–water partition coefficient (Wildman–Crippen LogP) is 3.60. The molecule has 1 aliphatic rings. The highest BCUT2D eigenvalue weighted by Gasteiger charge is 2.29. The smallest absolute Gasteiger partial charge is 0.256 e. The maximum atomic E-state index is 14.7. The van der Waals surface area contributed by atoms with Crippen molar-refractivity contribution in [2.45, 2.75) is 6.92 Å². The molecule has 25 heavy (non-hydrogen) atoms. The van der Waals surface area contributed by atoms with Crippen LogP contribution in [0.25, 0.3) is 22.8 Å². The van der Waals surface area contributed by atoms with E-state index in [-0.39, 0.29) is 5.91 Å². The predicted molar refractivity (Wildman–Crippen MR) is 96.1 cm³/mol. The van der Waals surface area contributed by atoms with E-state index in [2.05, 4.69) is 15.3 Å². The zero-order chi connectivity index (χ0) is 17.6. The molecule has 2 aromatic carbocycles. The number of nitrogens with two attached hydrogens (primary N) is 1. The minimum absolute atomic E-state index is 0.292. The van der Waals surface area contributed by atoms with Gasteiger partial charge in [0.1, 0.15) is 11.6 Å². The summed E-state index contributed by atoms with van der Waals surface area (Å²) in [7, 11) is 0. The van der Waals surface area contributed by atoms with Crippen LogP contribution >= 0.6 is 0 Å². The highest BCUT2D eigenvalue weighted by atomic mass is 19.1. The Morgan fingerprint density at radius 3 is 2.76 bits per heavy atom. The van der Waals surface area contributed by atoms with Gasteiger partial charge in [-0.15, -0.1) is 0 Å². The lowest BCUT2D eigenvalue weighted by Crippen LogP contribution is -2.03. The number of H-pyrrole nitrogens is 1. The van der Waals surface area contributed by atoms with Gasteiger partial charge in [0.25, 0.3) is 5.91 Å². The third kappa shape index (κ3) is 2.57. The number of nitrogen functional groups attached to an aromatic ring is 1. The van der Waals surface area contributed by atoms with Crippen LogP contribution in [-0.2, 0) is 4.79 Å². The Labute approximate surface area is 143 Å². The molecule has 0 saturated heterocycles. The van der Waals surface area contributed by atoms with Gasteiger partial charge < -0.3 is 16.0 Å². The van der Waals surface area contributed by atoms with Crippen molar-refractivity contribution in [2.75, 3.05) is 11.1 Å². The average Bonchev–Trinajstić information content (AvgIpc) is 3.12. The number of rotatable bonds is 2. The minimum Gasteiger partial charge on any atom is -0.399 e. The summed E-state index contributed by atoms with van der Waals surface area (Å²) >= 11 is 0. The summed E-state index contributed by atoms with van der Waals surface area (Å²) in [6.45, 7) is 1.87. The van der Waals surface area contributed by atoms with E-state index >= 15 is 0 Å². The van der Waals surface area contributed by atoms with Crippen molar-refractivity contribution in [1.82, 2.24) is 9.97 Å². The molecule has 2 heterocycles. The topological polar surface area (TPSA) is 83.8 Å². The molecule has 4 rings (SSSR count). The first-order valence-corrected chi connectivity index (χ1v) is 7.76. The van der Waals surface area contributed by atoms with Crippen LogP contribution in [0, 0.1) is 12.7 Å². The van der Waals surface area contributed by atoms with Crippen molar-refractivity contribution in [1.29, 1.82) is 0 Å². The molecule has 6 heteroatoms. The number of aromatic nitrogens is 2. The van der Waals surface area contributed by atoms with E-state index in [1.54, 1.807) is 42.6 Å². The number of anilines is 2. The monoisotopic (exact) mass is 334 g/mol. The fourth-order valence-electron chi connectivity index (χ4n) is 3.02. The molecule has 0 radical (unpaired) electrons. The number of carbonyl (C=O) groups excluding carboxylic acids is 1. The molecule has 0 unspecified atom stereocenters. The third-order valence-electron chi connectivity index (χ3n) is 4.10. The van der Waals surface area contributed by atoms with Crippen LogP contribution in [0.5, 0.6) is 0 Å². The van der Waals surface area contributed by atoms with Crippen molar-refractivity contribution >= 4 is 28.9 Å². The number of fused-ring (bicyclic) bond motifs is 1. The van der Waals surface area contributed by atoms with Crippen molar-refractivity contribution in [3.63, 3.8) is 0 Å². The average molecular weight is 334 g/mol. The van der Waals surface area contributed by atoms with Crippen LogP contribution in [0.2, 0.25) is 0 Å². The van der Waals surface area contributed by atoms with Crippen molar-refractivity contribution in [3.05, 3.63) is 65.5 Å². The van der Waals surface area contributed by atoms with Gasteiger partial charge in [-0.25, -0.2) is 9.37 Å². The standard InChI is InChI=1S/C19H15FN4O/c1-10-9-22-16(23-10)8-13-18-15(24-19(13)25)6-5-14(20)17(18)11-3-2-4-12(21)7-11/h2-9H,21H2,1H3,(H,22,23)(H,24,25). The van der Waals surface area contributed by atoms with E-state index in [9.17, 15) is 9.18 Å². The quantitative estimate of drug-likeness (QED) is 0.494. The summed E-state index contributed by atoms with van der Waals surface area (Å²) in [5.74, 6) is -0.166. The van der Waals surface area contributed by atoms with Gasteiger partial charge in [-0.05, 0) is 42.8 Å². The Morgan fingerprint density at radius 1 is 1.20 bits per heavy atom. The van der Waals surface area contributed by atoms with Crippen molar-refractivity contribution < 1.29 is 9.18 Å². The first-order valence-electron chi connectivity index (χ1n) is 7.76. The molecule has 0 atom stereocenters. The second-order valence-corrected chi connectivity index (χ2v) is 5.93. The first-order chi connectivity index (χ1) is 12.0. The Morgan fingerprint density at radius 2 is 2.04 bits per heavy atom. The lowest BCUT2D eigenvalue weighted by molar-refractivity contribution is -0.110. The summed E-state index contributed by atoms with van der Waals surface area (Å²) in [4.78, 5) is 19.7. The molecular formula is C19H15FN4O. The molecule has 1 aliphatic heterocycles. The van der Waals surface area contributed by atoms with Crippen LogP contribution in [0.4, 0.5) is 15.8 Å². The Hall–Kier alpha value is -3.41. The normalized spacial score (nSPS) is 14.6. The van der Waals surface area contributed by atoms with Gasteiger partial charge in [0.2, 0.25) is 0 Å². The number of imidazole rings is 1. The number of hydrogen-bond acceptors (Lipinski definition) is 3. The van der Waals surface area contributed by atoms with Crippen molar-refractivity contribution in [2.24, 2.45) is 0 Å². The number of carbonyl (C=O) groups is 1. The summed E-state index contributed by atoms with van der Waals surface area (Å²) in [5, 5.41) is 2.78. The van der Waals surface area contributed by atoms with E-state index < -0.39 is 5.82 Å². The molecule has 0 aliphatic carbocycles. The largest absolute Gasteiger partial charge is 0.399 e. The second-order valence-electron chi connectivity index (χ2n) is 5.93. The Bertz CT molecular complexity index is 1040. The lowest BCUT2D eigenvalue weighted by atomic mass is 9.94. The first kappa shape index (κ1) is 15.1. The van der Waals surface area contributed by atoms with Gasteiger partial charge in [0, 0.05) is 34.4 Å². The van der Waals surface area contributed by atoms with E-state index in [1.165, 1.54) is 6.07 Å². The molecule has 4 N–H and O–H groups in total. The molecule has 124 valence electrons. The van der Waals surface area contributed by atoms with Gasteiger partial charge in [-0.2, -0.15) is 0 Å². The van der Waals surface area contributed by atoms with Crippen LogP contribution in [0.15, 0.2) is 42.6 Å². The minimum atomic E-state index is -0.414. The van der Waals surface area contributed by atoms with Crippen molar-refractivity contribution in [3.8, 4) is 11.1 Å². The highest BCUT2D eigenvalue weighted by molar-refractivity contribution is 6.36. The third-order valence-corrected chi connectivity index (χ3v) is 4.10. The molecule has 1 aromatic heterocycles. The zero-order valence-corrected chi connectivity index (χ0v) is 13.4. The summed E-state index contributed by atoms with van der Waals surface area (Å²) in [6.07, 6.45) is 3.30. The number of halogens is 1. The Balaban J connectivity index is 1.96. The number of aromatic amines is 1. The number of nitrogens with zero attached hydrogens (tertiary/aromatic N) is 1. The summed E-state index contributed by atoms with van der Waals surface area (Å²) < 4.78 is 14.7. The van der Waals surface area contributed by atoms with Crippen LogP contribution in [0.1, 0.15) is 17.1 Å². The number of benzene rings is 2. The summed E-state index contributed by atoms with van der Waals surface area (Å²) in [5.41, 5.74) is 9.66. The second kappa shape index (κ2) is 5.59. The number of hydrogen-bond donors (Lipinski definition) is 3. The van der Waals surface area contributed by atoms with Crippen LogP contribution < -0.4 is 11.1 Å². The van der Waals surface area contributed by atoms with E-state index in [0.29, 0.717) is 39.5 Å². The lowest BCUT2D eigenvalue weighted by Gasteiger charge is -2.10. The molecular weight excluding hydrogens is 319 g/mol. The summed E-state index contributed by atoms with van der Waals surface area (Å²) in [6, 6.07) is 9.86. The molecule has 5 nitrogen and oxygen atoms in total. The van der Waals surface area contributed by atoms with Gasteiger partial charge >= 0.3 is 0 Å². The molecule has 0 bridgehead atoms. The molecule has 3 aromatic rings. The van der Waals surface area contributed by atoms with E-state index in [1.807, 2.05) is 6.92 Å². The van der Waals surface area contributed by atoms with Gasteiger partial charge in [0.15, 0.2) is 0 Å². The Kier molecular flexibility index (Phi) is 3.39. The molecule has 0 fully saturated rings. The zero-order valence-electron chi connectivity index (χ0n) is 13.4. The highest BCUT2D eigenvalue weighted by Crippen LogP contribution is 2.42. The SMILES string of the molecule is Cc1cnc(C=C2C(=O)Nc3ccc(F)c(-c4cccc(N)c4)c32)[nH]1. The fourth-order valence-corrected chi connectivity index (χ4v) is 3.02. The maximum Gasteiger partial charge on any atom is 0.256 e. The van der Waals surface area contributed by atoms with E-state index in [4.69, 9.17) is 5.73 Å². The van der Waals surface area contributed by atoms with Crippen LogP contribution in [-0.4, -0.2) is 15.9 Å². The van der Waals surface area contributed by atoms with Gasteiger partial charge in [0.05, 0.1) is 5.57 Å². The molecule has 0 saturated carbocycles. The van der Waals surface area contributed by atoms with Gasteiger partial charge in [-0.1, -0.05) is 12.1 Å². The maximum absolute atomic E-state index is 14.7. The number of nitrogens with one attached hydrogen (secondary N) is 2. The van der Waals surface area contributed by atoms with E-state index in [0.717, 1.165) is 5.69 Å². The molecule has 1 amide bonds. The van der Waals surface area contributed by atoms with Crippen LogP contribution in [0.3, 0.4) is 0 Å². The number of amides is 1. The molecule has 0 spiro atoms. The number of aryl methyl sites for hydroxylation is 1. The fraction of sp³-hybridized carbons (Fsp3) is 0.0526.